The van der Waals surface area contributed by atoms with Crippen LogP contribution in [0.1, 0.15) is 49.5 Å². The molecule has 3 aliphatic rings. The van der Waals surface area contributed by atoms with Gasteiger partial charge in [0.25, 0.3) is 0 Å². The summed E-state index contributed by atoms with van der Waals surface area (Å²) in [4.78, 5) is 29.5. The van der Waals surface area contributed by atoms with Gasteiger partial charge in [-0.05, 0) is 55.9 Å². The van der Waals surface area contributed by atoms with Crippen LogP contribution in [0, 0.1) is 5.92 Å². The molecule has 0 spiro atoms. The highest BCUT2D eigenvalue weighted by atomic mass is 35.5. The fraction of sp³-hybridized carbons (Fsp3) is 0.333. The first-order valence-corrected chi connectivity index (χ1v) is 16.9. The van der Waals surface area contributed by atoms with E-state index in [0.717, 1.165) is 51.1 Å². The van der Waals surface area contributed by atoms with Crippen molar-refractivity contribution in [3.8, 4) is 39.5 Å². The Morgan fingerprint density at radius 3 is 2.64 bits per heavy atom. The molecule has 47 heavy (non-hydrogen) atoms. The van der Waals surface area contributed by atoms with Gasteiger partial charge in [0.1, 0.15) is 5.82 Å². The monoisotopic (exact) mass is 667 g/mol. The predicted octanol–water partition coefficient (Wildman–Crippen LogP) is 6.85. The van der Waals surface area contributed by atoms with Crippen LogP contribution in [0.2, 0.25) is 10.0 Å². The molecule has 5 heterocycles. The quantitative estimate of drug-likeness (QED) is 0.136. The zero-order valence-corrected chi connectivity index (χ0v) is 27.5. The van der Waals surface area contributed by atoms with Crippen LogP contribution in [0.25, 0.3) is 44.7 Å². The number of carbonyl (C=O) groups excluding carboxylic acids is 1. The van der Waals surface area contributed by atoms with Crippen molar-refractivity contribution in [1.82, 2.24) is 35.9 Å². The number of amides is 1. The van der Waals surface area contributed by atoms with E-state index >= 15 is 0 Å². The molecule has 8 rings (SSSR count). The van der Waals surface area contributed by atoms with Gasteiger partial charge in [0, 0.05) is 65.6 Å². The smallest absolute Gasteiger partial charge is 0.220 e. The van der Waals surface area contributed by atoms with Crippen molar-refractivity contribution in [2.45, 2.75) is 56.8 Å². The molecule has 3 fully saturated rings. The number of piperidine rings is 1. The normalized spacial score (nSPS) is 21.9. The highest BCUT2D eigenvalue weighted by Crippen LogP contribution is 2.44. The molecular weight excluding hydrogens is 633 g/mol. The van der Waals surface area contributed by atoms with Crippen LogP contribution >= 0.6 is 23.2 Å². The summed E-state index contributed by atoms with van der Waals surface area (Å²) in [7, 11) is 1.61. The van der Waals surface area contributed by atoms with Crippen LogP contribution in [0.15, 0.2) is 60.8 Å². The van der Waals surface area contributed by atoms with E-state index in [9.17, 15) is 4.79 Å². The lowest BCUT2D eigenvalue weighted by molar-refractivity contribution is -0.119. The summed E-state index contributed by atoms with van der Waals surface area (Å²) >= 11 is 14.2. The van der Waals surface area contributed by atoms with Crippen molar-refractivity contribution in [1.29, 1.82) is 0 Å². The predicted molar refractivity (Wildman–Crippen MR) is 184 cm³/mol. The number of benzene rings is 2. The molecule has 2 aromatic carbocycles. The summed E-state index contributed by atoms with van der Waals surface area (Å²) < 4.78 is 5.66. The average molecular weight is 669 g/mol. The number of methoxy groups -OCH3 is 1. The number of hydrogen-bond acceptors (Lipinski definition) is 7. The van der Waals surface area contributed by atoms with Gasteiger partial charge in [0.15, 0.2) is 0 Å². The van der Waals surface area contributed by atoms with Crippen LogP contribution in [0.4, 0.5) is 0 Å². The molecule has 0 unspecified atom stereocenters. The maximum absolute atomic E-state index is 11.5. The lowest BCUT2D eigenvalue weighted by atomic mass is 9.99. The fourth-order valence-corrected chi connectivity index (χ4v) is 8.07. The van der Waals surface area contributed by atoms with E-state index in [2.05, 4.69) is 32.0 Å². The number of aromatic nitrogens is 4. The minimum absolute atomic E-state index is 0.108. The van der Waals surface area contributed by atoms with Crippen LogP contribution in [-0.2, 0) is 11.3 Å². The summed E-state index contributed by atoms with van der Waals surface area (Å²) in [6.07, 6.45) is 6.95. The van der Waals surface area contributed by atoms with Crippen molar-refractivity contribution in [3.63, 3.8) is 0 Å². The van der Waals surface area contributed by atoms with Gasteiger partial charge in [0.05, 0.1) is 45.6 Å². The zero-order valence-electron chi connectivity index (χ0n) is 25.9. The first-order valence-electron chi connectivity index (χ1n) is 16.2. The Hall–Kier alpha value is -4.02. The summed E-state index contributed by atoms with van der Waals surface area (Å²) in [5.74, 6) is 2.29. The third-order valence-electron chi connectivity index (χ3n) is 9.81. The Morgan fingerprint density at radius 2 is 1.85 bits per heavy atom. The summed E-state index contributed by atoms with van der Waals surface area (Å²) in [5, 5.41) is 11.2. The number of carbonyl (C=O) groups is 1. The van der Waals surface area contributed by atoms with Gasteiger partial charge in [0.2, 0.25) is 11.8 Å². The first kappa shape index (κ1) is 30.3. The summed E-state index contributed by atoms with van der Waals surface area (Å²) in [6, 6.07) is 18.9. The maximum Gasteiger partial charge on any atom is 0.220 e. The number of nitrogens with zero attached hydrogens (tertiary/aromatic N) is 3. The Bertz CT molecular complexity index is 2000. The largest absolute Gasteiger partial charge is 0.481 e. The minimum atomic E-state index is 0.108. The maximum atomic E-state index is 11.5. The standard InChI is InChI=1S/C36H35Cl2N7O2/c1-47-36-21(17-39-18-23-9-12-30(46)41-23)7-10-27(45-36)26-4-2-3-24(31(26)37)25-13-14-40-33(32(25)38)20-6-11-28-29(16-20)44-35(43-28)34-19-5-8-22(15-19)42-34/h2-4,6-7,10-11,13-14,16,19,22-23,34,39,42H,5,8-9,12,15,17-18H2,1H3,(H,41,46)(H,43,44)/t19-,22+,23-,34+/m0/s1. The number of rotatable bonds is 9. The molecule has 4 N–H and O–H groups in total. The SMILES string of the molecule is COc1nc(-c2cccc(-c3ccnc(-c4ccc5nc([C@@H]6N[C@@H]7CC[C@H]6C7)[nH]c5c4)c3Cl)c2Cl)ccc1CNC[C@@H]1CCC(=O)N1. The third kappa shape index (κ3) is 5.75. The van der Waals surface area contributed by atoms with Gasteiger partial charge in [-0.1, -0.05) is 53.5 Å². The fourth-order valence-electron chi connectivity index (χ4n) is 7.42. The molecule has 240 valence electrons. The van der Waals surface area contributed by atoms with E-state index in [-0.39, 0.29) is 11.9 Å². The molecule has 9 nitrogen and oxygen atoms in total. The number of fused-ring (bicyclic) bond motifs is 3. The second-order valence-electron chi connectivity index (χ2n) is 12.8. The number of H-pyrrole nitrogens is 1. The highest BCUT2D eigenvalue weighted by Gasteiger charge is 2.41. The molecule has 0 radical (unpaired) electrons. The van der Waals surface area contributed by atoms with Crippen molar-refractivity contribution in [2.24, 2.45) is 5.92 Å². The van der Waals surface area contributed by atoms with E-state index in [1.807, 2.05) is 48.5 Å². The van der Waals surface area contributed by atoms with E-state index in [4.69, 9.17) is 37.9 Å². The number of pyridine rings is 2. The second-order valence-corrected chi connectivity index (χ2v) is 13.5. The molecule has 2 saturated heterocycles. The van der Waals surface area contributed by atoms with E-state index in [1.54, 1.807) is 13.3 Å². The Kier molecular flexibility index (Phi) is 8.09. The lowest BCUT2D eigenvalue weighted by Gasteiger charge is -2.20. The lowest BCUT2D eigenvalue weighted by Crippen LogP contribution is -2.35. The summed E-state index contributed by atoms with van der Waals surface area (Å²) in [5.41, 5.74) is 7.43. The van der Waals surface area contributed by atoms with Gasteiger partial charge < -0.3 is 25.7 Å². The van der Waals surface area contributed by atoms with Crippen molar-refractivity contribution < 1.29 is 9.53 Å². The molecular formula is C36H35Cl2N7O2. The Labute approximate surface area is 282 Å². The summed E-state index contributed by atoms with van der Waals surface area (Å²) in [6.45, 7) is 1.25. The molecule has 1 amide bonds. The molecule has 2 aliphatic heterocycles. The van der Waals surface area contributed by atoms with E-state index < -0.39 is 0 Å². The number of halogens is 2. The molecule has 1 aliphatic carbocycles. The molecule has 3 aromatic heterocycles. The topological polar surface area (TPSA) is 117 Å². The Morgan fingerprint density at radius 1 is 0.979 bits per heavy atom. The second kappa shape index (κ2) is 12.5. The van der Waals surface area contributed by atoms with Crippen LogP contribution in [0.5, 0.6) is 5.88 Å². The van der Waals surface area contributed by atoms with Crippen LogP contribution < -0.4 is 20.7 Å². The molecule has 5 aromatic rings. The Balaban J connectivity index is 1.05. The average Bonchev–Trinajstić information content (AvgIpc) is 3.90. The van der Waals surface area contributed by atoms with Crippen molar-refractivity contribution in [3.05, 3.63) is 82.2 Å². The van der Waals surface area contributed by atoms with Crippen LogP contribution in [0.3, 0.4) is 0 Å². The van der Waals surface area contributed by atoms with Gasteiger partial charge in [-0.3, -0.25) is 9.78 Å². The van der Waals surface area contributed by atoms with E-state index in [1.165, 1.54) is 19.3 Å². The molecule has 11 heteroatoms. The number of aromatic amines is 1. The van der Waals surface area contributed by atoms with Gasteiger partial charge in [-0.25, -0.2) is 9.97 Å². The number of imidazole rings is 1. The minimum Gasteiger partial charge on any atom is -0.481 e. The number of hydrogen-bond donors (Lipinski definition) is 4. The number of ether oxygens (including phenoxy) is 1. The highest BCUT2D eigenvalue weighted by molar-refractivity contribution is 6.39. The number of nitrogens with one attached hydrogen (secondary N) is 4. The van der Waals surface area contributed by atoms with E-state index in [0.29, 0.717) is 64.8 Å². The van der Waals surface area contributed by atoms with Gasteiger partial charge >= 0.3 is 0 Å². The van der Waals surface area contributed by atoms with Gasteiger partial charge in [-0.15, -0.1) is 0 Å². The molecule has 1 saturated carbocycles. The molecule has 4 atom stereocenters. The van der Waals surface area contributed by atoms with Gasteiger partial charge in [-0.2, -0.15) is 0 Å². The molecule has 2 bridgehead atoms. The van der Waals surface area contributed by atoms with Crippen LogP contribution in [-0.4, -0.2) is 51.6 Å². The third-order valence-corrected chi connectivity index (χ3v) is 10.6. The van der Waals surface area contributed by atoms with Crippen molar-refractivity contribution >= 4 is 40.1 Å². The zero-order chi connectivity index (χ0) is 32.1. The van der Waals surface area contributed by atoms with Crippen molar-refractivity contribution in [2.75, 3.05) is 13.7 Å². The first-order chi connectivity index (χ1) is 22.9.